The van der Waals surface area contributed by atoms with Crippen LogP contribution in [0, 0.1) is 0 Å². The van der Waals surface area contributed by atoms with Gasteiger partial charge in [-0.1, -0.05) is 153 Å². The summed E-state index contributed by atoms with van der Waals surface area (Å²) in [6.45, 7) is 4.87. The SMILES string of the molecule is CCc1ccc(Cn2cccc2[C@@H]2O[C@H](COCc3ccccc3)[C@@H](OCc3ccccc3)[C@H](OCc3ccccc3)[C@H]2OCc2ccccc2)cc1. The molecule has 0 spiro atoms. The summed E-state index contributed by atoms with van der Waals surface area (Å²) in [5, 5.41) is 0. The molecule has 1 aromatic heterocycles. The summed E-state index contributed by atoms with van der Waals surface area (Å²) in [5.74, 6) is 0. The van der Waals surface area contributed by atoms with Crippen LogP contribution < -0.4 is 0 Å². The van der Waals surface area contributed by atoms with Gasteiger partial charge in [-0.2, -0.15) is 0 Å². The first-order chi connectivity index (χ1) is 26.2. The molecule has 1 fully saturated rings. The van der Waals surface area contributed by atoms with Crippen molar-refractivity contribution in [2.45, 2.75) is 76.8 Å². The van der Waals surface area contributed by atoms with Crippen LogP contribution in [0.2, 0.25) is 0 Å². The number of aromatic nitrogens is 1. The summed E-state index contributed by atoms with van der Waals surface area (Å²) in [6.07, 6.45) is 0.747. The first kappa shape index (κ1) is 36.5. The van der Waals surface area contributed by atoms with E-state index in [0.29, 0.717) is 39.6 Å². The number of aryl methyl sites for hydroxylation is 1. The van der Waals surface area contributed by atoms with E-state index < -0.39 is 30.5 Å². The molecule has 0 saturated carbocycles. The van der Waals surface area contributed by atoms with Crippen LogP contribution in [-0.4, -0.2) is 35.6 Å². The van der Waals surface area contributed by atoms with E-state index in [2.05, 4.69) is 103 Å². The number of nitrogens with zero attached hydrogens (tertiary/aromatic N) is 1. The Morgan fingerprint density at radius 2 is 0.943 bits per heavy atom. The maximum absolute atomic E-state index is 7.19. The van der Waals surface area contributed by atoms with Crippen LogP contribution in [0.5, 0.6) is 0 Å². The molecule has 5 atom stereocenters. The molecule has 1 aliphatic heterocycles. The Labute approximate surface area is 313 Å². The van der Waals surface area contributed by atoms with Crippen molar-refractivity contribution >= 4 is 0 Å². The minimum atomic E-state index is -0.499. The molecule has 0 bridgehead atoms. The molecule has 0 amide bonds. The van der Waals surface area contributed by atoms with Crippen LogP contribution in [0.4, 0.5) is 0 Å². The molecule has 0 radical (unpaired) electrons. The standard InChI is InChI=1S/C47H49NO5/c1-2-36-25-27-37(28-26-36)30-48-29-15-24-42(48)44-46(51-33-40-20-11-5-12-21-40)47(52-34-41-22-13-6-14-23-41)45(50-32-39-18-9-4-10-19-39)43(53-44)35-49-31-38-16-7-3-8-17-38/h3-29,43-47H,2,30-35H2,1H3/t43-,44+,45-,46+,47+/m1/s1. The molecule has 6 heteroatoms. The fourth-order valence-corrected chi connectivity index (χ4v) is 6.93. The maximum atomic E-state index is 7.19. The maximum Gasteiger partial charge on any atom is 0.127 e. The Bertz CT molecular complexity index is 1910. The lowest BCUT2D eigenvalue weighted by molar-refractivity contribution is -0.276. The smallest absolute Gasteiger partial charge is 0.127 e. The number of ether oxygens (including phenoxy) is 5. The summed E-state index contributed by atoms with van der Waals surface area (Å²) in [5.41, 5.74) is 7.90. The third kappa shape index (κ3) is 9.99. The molecule has 272 valence electrons. The van der Waals surface area contributed by atoms with Crippen molar-refractivity contribution in [1.29, 1.82) is 0 Å². The van der Waals surface area contributed by atoms with Gasteiger partial charge in [-0.05, 0) is 51.9 Å². The van der Waals surface area contributed by atoms with Gasteiger partial charge in [0.15, 0.2) is 0 Å². The van der Waals surface area contributed by atoms with Gasteiger partial charge in [0.1, 0.15) is 30.5 Å². The lowest BCUT2D eigenvalue weighted by Gasteiger charge is -2.46. The Kier molecular flexibility index (Phi) is 13.0. The van der Waals surface area contributed by atoms with E-state index in [1.165, 1.54) is 11.1 Å². The molecule has 53 heavy (non-hydrogen) atoms. The first-order valence-electron chi connectivity index (χ1n) is 18.7. The van der Waals surface area contributed by atoms with Gasteiger partial charge in [0.05, 0.1) is 33.0 Å². The zero-order valence-electron chi connectivity index (χ0n) is 30.4. The van der Waals surface area contributed by atoms with Crippen molar-refractivity contribution in [3.8, 4) is 0 Å². The van der Waals surface area contributed by atoms with Crippen LogP contribution in [0.1, 0.15) is 52.1 Å². The molecular weight excluding hydrogens is 659 g/mol. The Hall–Kier alpha value is -4.82. The van der Waals surface area contributed by atoms with Crippen molar-refractivity contribution in [1.82, 2.24) is 4.57 Å². The highest BCUT2D eigenvalue weighted by atomic mass is 16.6. The number of rotatable bonds is 17. The summed E-state index contributed by atoms with van der Waals surface area (Å²) >= 11 is 0. The van der Waals surface area contributed by atoms with Crippen molar-refractivity contribution in [2.75, 3.05) is 6.61 Å². The third-order valence-electron chi connectivity index (χ3n) is 9.82. The minimum absolute atomic E-state index is 0.320. The summed E-state index contributed by atoms with van der Waals surface area (Å²) < 4.78 is 36.7. The summed E-state index contributed by atoms with van der Waals surface area (Å²) in [6, 6.07) is 54.1. The molecule has 0 unspecified atom stereocenters. The highest BCUT2D eigenvalue weighted by Gasteiger charge is 2.49. The van der Waals surface area contributed by atoms with Gasteiger partial charge >= 0.3 is 0 Å². The highest BCUT2D eigenvalue weighted by molar-refractivity contribution is 5.25. The van der Waals surface area contributed by atoms with E-state index in [4.69, 9.17) is 23.7 Å². The molecule has 0 aliphatic carbocycles. The molecule has 0 N–H and O–H groups in total. The third-order valence-corrected chi connectivity index (χ3v) is 9.82. The average molecular weight is 708 g/mol. The van der Waals surface area contributed by atoms with Gasteiger partial charge in [-0.3, -0.25) is 0 Å². The van der Waals surface area contributed by atoms with Crippen LogP contribution in [0.15, 0.2) is 164 Å². The van der Waals surface area contributed by atoms with Gasteiger partial charge in [0, 0.05) is 18.4 Å². The number of benzene rings is 5. The Balaban J connectivity index is 1.25. The predicted octanol–water partition coefficient (Wildman–Crippen LogP) is 9.51. The fraction of sp³-hybridized carbons (Fsp3) is 0.277. The zero-order valence-corrected chi connectivity index (χ0v) is 30.4. The van der Waals surface area contributed by atoms with E-state index in [1.807, 2.05) is 72.8 Å². The molecule has 7 rings (SSSR count). The molecular formula is C47H49NO5. The van der Waals surface area contributed by atoms with Gasteiger partial charge in [-0.25, -0.2) is 0 Å². The van der Waals surface area contributed by atoms with Gasteiger partial charge in [0.2, 0.25) is 0 Å². The van der Waals surface area contributed by atoms with Crippen LogP contribution in [0.3, 0.4) is 0 Å². The highest BCUT2D eigenvalue weighted by Crippen LogP contribution is 2.39. The van der Waals surface area contributed by atoms with Gasteiger partial charge < -0.3 is 28.3 Å². The Morgan fingerprint density at radius 1 is 0.472 bits per heavy atom. The van der Waals surface area contributed by atoms with E-state index >= 15 is 0 Å². The molecule has 2 heterocycles. The number of hydrogen-bond donors (Lipinski definition) is 0. The second-order valence-corrected chi connectivity index (χ2v) is 13.6. The van der Waals surface area contributed by atoms with Gasteiger partial charge in [-0.15, -0.1) is 0 Å². The van der Waals surface area contributed by atoms with Crippen LogP contribution in [0.25, 0.3) is 0 Å². The van der Waals surface area contributed by atoms with Crippen molar-refractivity contribution < 1.29 is 23.7 Å². The minimum Gasteiger partial charge on any atom is -0.374 e. The topological polar surface area (TPSA) is 51.1 Å². The second kappa shape index (κ2) is 18.8. The van der Waals surface area contributed by atoms with Crippen molar-refractivity contribution in [3.63, 3.8) is 0 Å². The van der Waals surface area contributed by atoms with Crippen molar-refractivity contribution in [2.24, 2.45) is 0 Å². The summed E-state index contributed by atoms with van der Waals surface area (Å²) in [4.78, 5) is 0. The molecule has 5 aromatic carbocycles. The van der Waals surface area contributed by atoms with E-state index in [1.54, 1.807) is 0 Å². The zero-order chi connectivity index (χ0) is 36.1. The fourth-order valence-electron chi connectivity index (χ4n) is 6.93. The molecule has 1 saturated heterocycles. The van der Waals surface area contributed by atoms with Crippen LogP contribution in [-0.2, 0) is 63.1 Å². The predicted molar refractivity (Wildman–Crippen MR) is 208 cm³/mol. The molecule has 1 aliphatic rings. The van der Waals surface area contributed by atoms with E-state index in [9.17, 15) is 0 Å². The van der Waals surface area contributed by atoms with Crippen molar-refractivity contribution in [3.05, 3.63) is 203 Å². The lowest BCUT2D eigenvalue weighted by atomic mass is 9.92. The largest absolute Gasteiger partial charge is 0.374 e. The number of hydrogen-bond acceptors (Lipinski definition) is 5. The average Bonchev–Trinajstić information content (AvgIpc) is 3.68. The molecule has 6 nitrogen and oxygen atoms in total. The van der Waals surface area contributed by atoms with E-state index in [-0.39, 0.29) is 0 Å². The first-order valence-corrected chi connectivity index (χ1v) is 18.7. The lowest BCUT2D eigenvalue weighted by Crippen LogP contribution is -2.58. The molecule has 6 aromatic rings. The quantitative estimate of drug-likeness (QED) is 0.0946. The Morgan fingerprint density at radius 3 is 1.47 bits per heavy atom. The van der Waals surface area contributed by atoms with Crippen LogP contribution >= 0.6 is 0 Å². The second-order valence-electron chi connectivity index (χ2n) is 13.6. The summed E-state index contributed by atoms with van der Waals surface area (Å²) in [7, 11) is 0. The monoisotopic (exact) mass is 707 g/mol. The van der Waals surface area contributed by atoms with Gasteiger partial charge in [0.25, 0.3) is 0 Å². The normalized spacial score (nSPS) is 20.0. The van der Waals surface area contributed by atoms with E-state index in [0.717, 1.165) is 34.4 Å².